The maximum atomic E-state index is 13.1. The van der Waals surface area contributed by atoms with Crippen molar-refractivity contribution in [3.05, 3.63) is 53.6 Å². The molecule has 0 saturated heterocycles. The van der Waals surface area contributed by atoms with Gasteiger partial charge in [0.1, 0.15) is 0 Å². The zero-order valence-electron chi connectivity index (χ0n) is 14.4. The average Bonchev–Trinajstić information content (AvgIpc) is 2.95. The van der Waals surface area contributed by atoms with Crippen molar-refractivity contribution in [3.8, 4) is 0 Å². The van der Waals surface area contributed by atoms with Crippen molar-refractivity contribution in [2.45, 2.75) is 51.5 Å². The summed E-state index contributed by atoms with van der Waals surface area (Å²) in [6.07, 6.45) is 5.61. The fourth-order valence-corrected chi connectivity index (χ4v) is 6.15. The zero-order chi connectivity index (χ0) is 17.1. The third kappa shape index (κ3) is 3.70. The molecular formula is C19H25NO2Se. The predicted octanol–water partition coefficient (Wildman–Crippen LogP) is 3.14. The van der Waals surface area contributed by atoms with E-state index in [4.69, 9.17) is 0 Å². The number of allylic oxidation sites excluding steroid dienone is 3. The van der Waals surface area contributed by atoms with Gasteiger partial charge in [-0.3, -0.25) is 0 Å². The molecular weight excluding hydrogens is 353 g/mol. The zero-order valence-corrected chi connectivity index (χ0v) is 16.2. The van der Waals surface area contributed by atoms with E-state index in [0.717, 1.165) is 10.0 Å². The van der Waals surface area contributed by atoms with Crippen molar-refractivity contribution in [2.24, 2.45) is 0 Å². The molecule has 0 saturated carbocycles. The van der Waals surface area contributed by atoms with Crippen molar-refractivity contribution < 1.29 is 8.63 Å². The van der Waals surface area contributed by atoms with Crippen molar-refractivity contribution >= 4 is 24.2 Å². The first kappa shape index (κ1) is 17.8. The molecule has 124 valence electrons. The van der Waals surface area contributed by atoms with Gasteiger partial charge in [0.15, 0.2) is 0 Å². The minimum absolute atomic E-state index is 0.00295. The van der Waals surface area contributed by atoms with Gasteiger partial charge in [-0.15, -0.1) is 0 Å². The predicted molar refractivity (Wildman–Crippen MR) is 95.3 cm³/mol. The molecule has 1 aliphatic carbocycles. The molecule has 2 rings (SSSR count). The van der Waals surface area contributed by atoms with Gasteiger partial charge in [-0.05, 0) is 0 Å². The van der Waals surface area contributed by atoms with Crippen LogP contribution in [0.3, 0.4) is 0 Å². The maximum absolute atomic E-state index is 13.1. The Morgan fingerprint density at radius 2 is 1.74 bits per heavy atom. The van der Waals surface area contributed by atoms with Gasteiger partial charge in [-0.25, -0.2) is 0 Å². The molecule has 23 heavy (non-hydrogen) atoms. The minimum atomic E-state index is -2.37. The number of rotatable bonds is 5. The number of carbonyl (C=O) groups is 1. The topological polar surface area (TPSA) is 37.4 Å². The SMILES string of the molecule is Cc1ccccc1[Se](=O)C1C=CC=C1C(=O)N(C(C)C)C(C)C. The first-order valence-electron chi connectivity index (χ1n) is 8.01. The van der Waals surface area contributed by atoms with Crippen LogP contribution in [-0.4, -0.2) is 36.7 Å². The van der Waals surface area contributed by atoms with Crippen LogP contribution >= 0.6 is 0 Å². The Labute approximate surface area is 143 Å². The van der Waals surface area contributed by atoms with Gasteiger partial charge >= 0.3 is 143 Å². The van der Waals surface area contributed by atoms with E-state index < -0.39 is 13.8 Å². The van der Waals surface area contributed by atoms with Gasteiger partial charge < -0.3 is 0 Å². The Morgan fingerprint density at radius 3 is 2.30 bits per heavy atom. The van der Waals surface area contributed by atoms with Crippen LogP contribution in [0.1, 0.15) is 33.3 Å². The van der Waals surface area contributed by atoms with Crippen molar-refractivity contribution in [1.82, 2.24) is 4.90 Å². The van der Waals surface area contributed by atoms with Gasteiger partial charge in [-0.1, -0.05) is 0 Å². The Kier molecular flexibility index (Phi) is 5.72. The first-order valence-corrected chi connectivity index (χ1v) is 10.6. The summed E-state index contributed by atoms with van der Waals surface area (Å²) in [5, 5.41) is 0. The molecule has 0 fully saturated rings. The van der Waals surface area contributed by atoms with Crippen LogP contribution in [0, 0.1) is 6.92 Å². The number of amides is 1. The van der Waals surface area contributed by atoms with E-state index in [1.165, 1.54) is 0 Å². The number of hydrogen-bond donors (Lipinski definition) is 0. The number of hydrogen-bond acceptors (Lipinski definition) is 2. The molecule has 0 radical (unpaired) electrons. The molecule has 1 aromatic carbocycles. The number of aryl methyl sites for hydroxylation is 1. The summed E-state index contributed by atoms with van der Waals surface area (Å²) in [6, 6.07) is 7.99. The number of benzene rings is 1. The third-order valence-corrected chi connectivity index (χ3v) is 7.70. The summed E-state index contributed by atoms with van der Waals surface area (Å²) in [5.74, 6) is 0.00295. The summed E-state index contributed by atoms with van der Waals surface area (Å²) in [5.41, 5.74) is 1.69. The molecule has 0 aromatic heterocycles. The second-order valence-electron chi connectivity index (χ2n) is 6.39. The fraction of sp³-hybridized carbons (Fsp3) is 0.421. The molecule has 2 unspecified atom stereocenters. The molecule has 0 aliphatic heterocycles. The van der Waals surface area contributed by atoms with Crippen LogP contribution < -0.4 is 4.46 Å². The van der Waals surface area contributed by atoms with Crippen LogP contribution in [0.15, 0.2) is 48.1 Å². The van der Waals surface area contributed by atoms with Crippen molar-refractivity contribution in [3.63, 3.8) is 0 Å². The molecule has 0 heterocycles. The van der Waals surface area contributed by atoms with Crippen molar-refractivity contribution in [2.75, 3.05) is 0 Å². The van der Waals surface area contributed by atoms with Gasteiger partial charge in [0.05, 0.1) is 0 Å². The molecule has 3 nitrogen and oxygen atoms in total. The van der Waals surface area contributed by atoms with Crippen LogP contribution in [0.4, 0.5) is 0 Å². The van der Waals surface area contributed by atoms with Crippen LogP contribution in [-0.2, 0) is 8.63 Å². The molecule has 1 amide bonds. The van der Waals surface area contributed by atoms with E-state index in [-0.39, 0.29) is 22.8 Å². The molecule has 0 spiro atoms. The van der Waals surface area contributed by atoms with Crippen LogP contribution in [0.25, 0.3) is 0 Å². The van der Waals surface area contributed by atoms with E-state index in [0.29, 0.717) is 5.57 Å². The first-order chi connectivity index (χ1) is 10.8. The molecule has 1 aromatic rings. The normalized spacial score (nSPS) is 18.4. The van der Waals surface area contributed by atoms with Crippen molar-refractivity contribution in [1.29, 1.82) is 0 Å². The van der Waals surface area contributed by atoms with E-state index in [9.17, 15) is 8.63 Å². The molecule has 0 bridgehead atoms. The third-order valence-electron chi connectivity index (χ3n) is 4.00. The summed E-state index contributed by atoms with van der Waals surface area (Å²) < 4.78 is 14.0. The van der Waals surface area contributed by atoms with E-state index in [1.54, 1.807) is 0 Å². The Bertz CT molecular complexity index is 666. The number of carbonyl (C=O) groups excluding carboxylic acids is 1. The van der Waals surface area contributed by atoms with Gasteiger partial charge in [0.25, 0.3) is 0 Å². The summed E-state index contributed by atoms with van der Waals surface area (Å²) >= 11 is -2.37. The molecule has 0 N–H and O–H groups in total. The second kappa shape index (κ2) is 7.37. The van der Waals surface area contributed by atoms with Gasteiger partial charge in [-0.2, -0.15) is 0 Å². The Balaban J connectivity index is 2.30. The Morgan fingerprint density at radius 1 is 1.13 bits per heavy atom. The molecule has 1 aliphatic rings. The number of nitrogens with zero attached hydrogens (tertiary/aromatic N) is 1. The fourth-order valence-electron chi connectivity index (χ4n) is 2.97. The molecule has 2 atom stereocenters. The standard InChI is InChI=1S/C19H25NO2Se/c1-13(2)20(14(3)4)19(21)16-10-8-12-18(16)23(22)17-11-7-6-9-15(17)5/h6-14,18H,1-5H3. The van der Waals surface area contributed by atoms with E-state index >= 15 is 0 Å². The quantitative estimate of drug-likeness (QED) is 0.739. The van der Waals surface area contributed by atoms with Crippen LogP contribution in [0.2, 0.25) is 4.82 Å². The van der Waals surface area contributed by atoms with Crippen LogP contribution in [0.5, 0.6) is 0 Å². The Hall–Kier alpha value is -1.51. The van der Waals surface area contributed by atoms with E-state index in [2.05, 4.69) is 0 Å². The summed E-state index contributed by atoms with van der Waals surface area (Å²) in [4.78, 5) is 14.5. The second-order valence-corrected chi connectivity index (χ2v) is 9.63. The van der Waals surface area contributed by atoms with E-state index in [1.807, 2.05) is 82.0 Å². The summed E-state index contributed by atoms with van der Waals surface area (Å²) in [7, 11) is 0. The summed E-state index contributed by atoms with van der Waals surface area (Å²) in [6.45, 7) is 10.0. The van der Waals surface area contributed by atoms with Gasteiger partial charge in [0.2, 0.25) is 0 Å². The molecule has 4 heteroatoms. The van der Waals surface area contributed by atoms with Gasteiger partial charge in [0, 0.05) is 0 Å². The average molecular weight is 378 g/mol. The monoisotopic (exact) mass is 379 g/mol.